The van der Waals surface area contributed by atoms with Gasteiger partial charge in [-0.1, -0.05) is 20.8 Å². The van der Waals surface area contributed by atoms with E-state index in [0.29, 0.717) is 19.6 Å². The van der Waals surface area contributed by atoms with Crippen molar-refractivity contribution in [3.05, 3.63) is 47.5 Å². The minimum absolute atomic E-state index is 0. The molecule has 1 rings (SSSR count). The number of hydrogen-bond donors (Lipinski definition) is 0. The molecule has 0 aliphatic heterocycles. The van der Waals surface area contributed by atoms with Crippen LogP contribution in [0.25, 0.3) is 17.2 Å². The molecule has 1 aromatic rings. The summed E-state index contributed by atoms with van der Waals surface area (Å²) in [5.74, 6) is 0. The van der Waals surface area contributed by atoms with Crippen LogP contribution in [0.3, 0.4) is 0 Å². The molecule has 0 bridgehead atoms. The van der Waals surface area contributed by atoms with Crippen LogP contribution in [-0.2, 0) is 26.2 Å². The molecule has 0 heterocycles. The van der Waals surface area contributed by atoms with E-state index in [2.05, 4.69) is 0 Å². The van der Waals surface area contributed by atoms with E-state index in [9.17, 15) is 0 Å². The van der Waals surface area contributed by atoms with E-state index in [4.69, 9.17) is 17.2 Å². The average molecular weight is 289 g/mol. The molecule has 0 unspecified atom stereocenters. The largest absolute Gasteiger partial charge is 4.00 e. The fourth-order valence-electron chi connectivity index (χ4n) is 0.321. The summed E-state index contributed by atoms with van der Waals surface area (Å²) in [6, 6.07) is 10.0. The number of rotatable bonds is 0. The predicted molar refractivity (Wildman–Crippen MR) is 66.6 cm³/mol. The van der Waals surface area contributed by atoms with Gasteiger partial charge in [0.05, 0.1) is 0 Å². The maximum absolute atomic E-state index is 6.21. The molecule has 15 heavy (non-hydrogen) atoms. The van der Waals surface area contributed by atoms with Crippen LogP contribution in [0.2, 0.25) is 0 Å². The van der Waals surface area contributed by atoms with Crippen LogP contribution in [0.15, 0.2) is 30.3 Å². The van der Waals surface area contributed by atoms with Gasteiger partial charge in [0.2, 0.25) is 0 Å². The van der Waals surface area contributed by atoms with Crippen molar-refractivity contribution in [2.24, 2.45) is 0 Å². The monoisotopic (exact) mass is 287 g/mol. The van der Waals surface area contributed by atoms with Gasteiger partial charge in [-0.25, -0.2) is 12.1 Å². The first-order chi connectivity index (χ1) is 6.74. The molecule has 1 aromatic carbocycles. The van der Waals surface area contributed by atoms with Crippen molar-refractivity contribution in [1.82, 2.24) is 0 Å². The zero-order valence-electron chi connectivity index (χ0n) is 10.0. The van der Waals surface area contributed by atoms with Crippen LogP contribution in [0.5, 0.6) is 0 Å². The predicted octanol–water partition coefficient (Wildman–Crippen LogP) is 4.58. The fraction of sp³-hybridized carbons (Fsp3) is 0.545. The molecule has 0 aliphatic rings. The maximum Gasteiger partial charge on any atom is 4.00 e. The smallest absolute Gasteiger partial charge is 0.678 e. The Labute approximate surface area is 114 Å². The molecule has 4 heteroatoms. The Balaban J connectivity index is -0.0000000550. The molecule has 0 fully saturated rings. The second kappa shape index (κ2) is 36.9. The summed E-state index contributed by atoms with van der Waals surface area (Å²) in [5, 5.41) is 0. The summed E-state index contributed by atoms with van der Waals surface area (Å²) < 4.78 is 0. The molecule has 0 aliphatic carbocycles. The normalized spacial score (nSPS) is 6.27. The zero-order valence-corrected chi connectivity index (χ0v) is 12.5. The first-order valence-electron chi connectivity index (χ1n) is 4.85. The first kappa shape index (κ1) is 24.4. The minimum atomic E-state index is 0. The molecular formula is C11H23N3Zr. The standard InChI is InChI=1S/C5H5.3C2H6N.Zr/c1-2-4-5-3-1;3*1-2-3;/h1-5H;3*3H,2H2,1H3;/q4*-1;+4. The van der Waals surface area contributed by atoms with Crippen molar-refractivity contribution in [1.29, 1.82) is 0 Å². The summed E-state index contributed by atoms with van der Waals surface area (Å²) in [6.07, 6.45) is 0. The molecule has 0 amide bonds. The molecule has 0 saturated carbocycles. The van der Waals surface area contributed by atoms with Gasteiger partial charge >= 0.3 is 26.2 Å². The van der Waals surface area contributed by atoms with Crippen molar-refractivity contribution in [3.8, 4) is 0 Å². The molecular weight excluding hydrogens is 265 g/mol. The Hall–Kier alpha value is 0.113. The Bertz CT molecular complexity index is 99.4. The van der Waals surface area contributed by atoms with Crippen molar-refractivity contribution in [2.45, 2.75) is 20.8 Å². The van der Waals surface area contributed by atoms with E-state index >= 15 is 0 Å². The Morgan fingerprint density at radius 2 is 1.00 bits per heavy atom. The van der Waals surface area contributed by atoms with Gasteiger partial charge in [0, 0.05) is 0 Å². The van der Waals surface area contributed by atoms with Gasteiger partial charge in [0.1, 0.15) is 0 Å². The van der Waals surface area contributed by atoms with E-state index in [0.717, 1.165) is 0 Å². The Morgan fingerprint density at radius 3 is 1.07 bits per heavy atom. The van der Waals surface area contributed by atoms with Crippen molar-refractivity contribution in [3.63, 3.8) is 0 Å². The van der Waals surface area contributed by atoms with Crippen molar-refractivity contribution < 1.29 is 26.2 Å². The minimum Gasteiger partial charge on any atom is -0.678 e. The topological polar surface area (TPSA) is 71.4 Å². The first-order valence-corrected chi connectivity index (χ1v) is 4.85. The van der Waals surface area contributed by atoms with Crippen LogP contribution < -0.4 is 0 Å². The van der Waals surface area contributed by atoms with Gasteiger partial charge in [-0.05, 0) is 0 Å². The number of nitrogens with one attached hydrogen (secondary N) is 3. The zero-order chi connectivity index (χ0) is 11.7. The third-order valence-corrected chi connectivity index (χ3v) is 0.556. The molecule has 86 valence electrons. The van der Waals surface area contributed by atoms with Gasteiger partial charge in [-0.3, -0.25) is 0 Å². The van der Waals surface area contributed by atoms with Crippen LogP contribution in [0, 0.1) is 0 Å². The van der Waals surface area contributed by atoms with Gasteiger partial charge < -0.3 is 17.2 Å². The van der Waals surface area contributed by atoms with E-state index in [1.807, 2.05) is 30.3 Å². The summed E-state index contributed by atoms with van der Waals surface area (Å²) in [4.78, 5) is 0. The molecule has 0 aromatic heterocycles. The van der Waals surface area contributed by atoms with E-state index in [-0.39, 0.29) is 26.2 Å². The SMILES string of the molecule is CC[NH-].CC[NH-].CC[NH-].[Zr+4].c1cc[cH-]c1. The average Bonchev–Trinajstić information content (AvgIpc) is 2.63. The summed E-state index contributed by atoms with van der Waals surface area (Å²) in [7, 11) is 0. The molecule has 0 spiro atoms. The quantitative estimate of drug-likeness (QED) is 0.627. The van der Waals surface area contributed by atoms with Gasteiger partial charge in [0.25, 0.3) is 0 Å². The van der Waals surface area contributed by atoms with Crippen LogP contribution in [-0.4, -0.2) is 19.6 Å². The second-order valence-electron chi connectivity index (χ2n) is 2.02. The van der Waals surface area contributed by atoms with Crippen molar-refractivity contribution in [2.75, 3.05) is 19.6 Å². The summed E-state index contributed by atoms with van der Waals surface area (Å²) in [6.45, 7) is 6.88. The van der Waals surface area contributed by atoms with Crippen LogP contribution >= 0.6 is 0 Å². The molecule has 0 atom stereocenters. The van der Waals surface area contributed by atoms with Gasteiger partial charge in [-0.15, -0.1) is 0 Å². The summed E-state index contributed by atoms with van der Waals surface area (Å²) >= 11 is 0. The second-order valence-corrected chi connectivity index (χ2v) is 2.02. The maximum atomic E-state index is 6.21. The van der Waals surface area contributed by atoms with E-state index in [1.165, 1.54) is 0 Å². The van der Waals surface area contributed by atoms with Crippen LogP contribution in [0.1, 0.15) is 20.8 Å². The van der Waals surface area contributed by atoms with E-state index in [1.54, 1.807) is 20.8 Å². The van der Waals surface area contributed by atoms with Crippen molar-refractivity contribution >= 4 is 0 Å². The molecule has 3 N–H and O–H groups in total. The number of hydrogen-bond acceptors (Lipinski definition) is 0. The van der Waals surface area contributed by atoms with E-state index < -0.39 is 0 Å². The van der Waals surface area contributed by atoms with Gasteiger partial charge in [-0.2, -0.15) is 37.8 Å². The van der Waals surface area contributed by atoms with Crippen LogP contribution in [0.4, 0.5) is 0 Å². The molecule has 0 saturated heterocycles. The van der Waals surface area contributed by atoms with Gasteiger partial charge in [0.15, 0.2) is 0 Å². The Morgan fingerprint density at radius 1 is 0.800 bits per heavy atom. The molecule has 0 radical (unpaired) electrons. The Kier molecular flexibility index (Phi) is 59.9. The third kappa shape index (κ3) is 79.2. The molecule has 3 nitrogen and oxygen atoms in total. The summed E-state index contributed by atoms with van der Waals surface area (Å²) in [5.41, 5.74) is 18.6. The third-order valence-electron chi connectivity index (χ3n) is 0.556. The fourth-order valence-corrected chi connectivity index (χ4v) is 0.321.